The number of carbonyl (C=O) groups excluding carboxylic acids is 1. The Hall–Kier alpha value is -1.62. The Kier molecular flexibility index (Phi) is 4.05. The lowest BCUT2D eigenvalue weighted by molar-refractivity contribution is -0.120. The van der Waals surface area contributed by atoms with Crippen LogP contribution in [0.3, 0.4) is 0 Å². The van der Waals surface area contributed by atoms with Gasteiger partial charge in [-0.15, -0.1) is 0 Å². The molecule has 5 heteroatoms. The summed E-state index contributed by atoms with van der Waals surface area (Å²) in [6.45, 7) is 0.471. The standard InChI is InChI=1S/C10H13FN2O2/c1-12-6-10(15)13-5-7-2-3-9(14)8(11)4-7/h2-4,12,14H,5-6H2,1H3,(H,13,15). The SMILES string of the molecule is CNCC(=O)NCc1ccc(O)c(F)c1. The maximum atomic E-state index is 12.9. The lowest BCUT2D eigenvalue weighted by Gasteiger charge is -2.05. The number of aromatic hydroxyl groups is 1. The van der Waals surface area contributed by atoms with Crippen molar-refractivity contribution in [1.82, 2.24) is 10.6 Å². The third-order valence-electron chi connectivity index (χ3n) is 1.84. The van der Waals surface area contributed by atoms with Crippen molar-refractivity contribution in [2.45, 2.75) is 6.54 Å². The van der Waals surface area contributed by atoms with E-state index in [-0.39, 0.29) is 24.7 Å². The van der Waals surface area contributed by atoms with Crippen LogP contribution in [0.2, 0.25) is 0 Å². The molecule has 1 aromatic rings. The van der Waals surface area contributed by atoms with Crippen molar-refractivity contribution >= 4 is 5.91 Å². The zero-order chi connectivity index (χ0) is 11.3. The Morgan fingerprint density at radius 2 is 2.27 bits per heavy atom. The van der Waals surface area contributed by atoms with Crippen molar-refractivity contribution in [2.75, 3.05) is 13.6 Å². The topological polar surface area (TPSA) is 61.4 Å². The lowest BCUT2D eigenvalue weighted by Crippen LogP contribution is -2.31. The van der Waals surface area contributed by atoms with E-state index in [2.05, 4.69) is 10.6 Å². The van der Waals surface area contributed by atoms with Gasteiger partial charge in [0.05, 0.1) is 6.54 Å². The molecule has 0 unspecified atom stereocenters. The summed E-state index contributed by atoms with van der Waals surface area (Å²) in [4.78, 5) is 11.1. The summed E-state index contributed by atoms with van der Waals surface area (Å²) in [6.07, 6.45) is 0. The maximum absolute atomic E-state index is 12.9. The van der Waals surface area contributed by atoms with Crippen molar-refractivity contribution in [1.29, 1.82) is 0 Å². The first-order valence-corrected chi connectivity index (χ1v) is 4.52. The average molecular weight is 212 g/mol. The molecule has 4 nitrogen and oxygen atoms in total. The number of amides is 1. The molecule has 0 aliphatic rings. The normalized spacial score (nSPS) is 10.0. The third kappa shape index (κ3) is 3.55. The van der Waals surface area contributed by atoms with E-state index >= 15 is 0 Å². The van der Waals surface area contributed by atoms with E-state index in [9.17, 15) is 9.18 Å². The molecule has 1 amide bonds. The van der Waals surface area contributed by atoms with Crippen molar-refractivity contribution in [2.24, 2.45) is 0 Å². The number of hydrogen-bond donors (Lipinski definition) is 3. The van der Waals surface area contributed by atoms with E-state index < -0.39 is 5.82 Å². The highest BCUT2D eigenvalue weighted by Crippen LogP contribution is 2.15. The number of phenols is 1. The monoisotopic (exact) mass is 212 g/mol. The van der Waals surface area contributed by atoms with Gasteiger partial charge in [-0.3, -0.25) is 4.79 Å². The predicted octanol–water partition coefficient (Wildman–Crippen LogP) is 0.367. The number of phenolic OH excluding ortho intramolecular Hbond substituents is 1. The van der Waals surface area contributed by atoms with Gasteiger partial charge in [-0.1, -0.05) is 6.07 Å². The first kappa shape index (κ1) is 11.5. The molecule has 0 aliphatic carbocycles. The van der Waals surface area contributed by atoms with E-state index in [0.717, 1.165) is 0 Å². The minimum atomic E-state index is -0.685. The quantitative estimate of drug-likeness (QED) is 0.675. The summed E-state index contributed by atoms with van der Waals surface area (Å²) < 4.78 is 12.9. The maximum Gasteiger partial charge on any atom is 0.234 e. The molecule has 0 heterocycles. The van der Waals surface area contributed by atoms with Gasteiger partial charge in [0, 0.05) is 6.54 Å². The Morgan fingerprint density at radius 1 is 1.53 bits per heavy atom. The third-order valence-corrected chi connectivity index (χ3v) is 1.84. The van der Waals surface area contributed by atoms with Crippen LogP contribution in [0.1, 0.15) is 5.56 Å². The molecule has 0 radical (unpaired) electrons. The van der Waals surface area contributed by atoms with Crippen LogP contribution in [0.4, 0.5) is 4.39 Å². The van der Waals surface area contributed by atoms with Gasteiger partial charge in [0.1, 0.15) is 0 Å². The van der Waals surface area contributed by atoms with Crippen LogP contribution in [0.5, 0.6) is 5.75 Å². The Bertz CT molecular complexity index is 355. The predicted molar refractivity (Wildman–Crippen MR) is 53.8 cm³/mol. The van der Waals surface area contributed by atoms with Crippen LogP contribution >= 0.6 is 0 Å². The molecule has 82 valence electrons. The van der Waals surface area contributed by atoms with Crippen LogP contribution in [0.25, 0.3) is 0 Å². The molecule has 0 fully saturated rings. The fourth-order valence-corrected chi connectivity index (χ4v) is 1.08. The molecule has 1 rings (SSSR count). The second-order valence-electron chi connectivity index (χ2n) is 3.09. The highest BCUT2D eigenvalue weighted by atomic mass is 19.1. The lowest BCUT2D eigenvalue weighted by atomic mass is 10.2. The summed E-state index contributed by atoms with van der Waals surface area (Å²) in [5.41, 5.74) is 0.606. The van der Waals surface area contributed by atoms with Gasteiger partial charge in [-0.05, 0) is 24.7 Å². The first-order chi connectivity index (χ1) is 7.13. The largest absolute Gasteiger partial charge is 0.505 e. The number of halogens is 1. The molecular weight excluding hydrogens is 199 g/mol. The highest BCUT2D eigenvalue weighted by molar-refractivity contribution is 5.77. The fourth-order valence-electron chi connectivity index (χ4n) is 1.08. The van der Waals surface area contributed by atoms with Crippen LogP contribution < -0.4 is 10.6 Å². The second-order valence-corrected chi connectivity index (χ2v) is 3.09. The van der Waals surface area contributed by atoms with Crippen LogP contribution in [-0.4, -0.2) is 24.6 Å². The zero-order valence-electron chi connectivity index (χ0n) is 8.38. The zero-order valence-corrected chi connectivity index (χ0v) is 8.38. The number of nitrogens with one attached hydrogen (secondary N) is 2. The molecule has 3 N–H and O–H groups in total. The van der Waals surface area contributed by atoms with Crippen molar-refractivity contribution < 1.29 is 14.3 Å². The molecule has 0 aromatic heterocycles. The Morgan fingerprint density at radius 3 is 2.87 bits per heavy atom. The molecule has 0 bridgehead atoms. The van der Waals surface area contributed by atoms with Gasteiger partial charge < -0.3 is 15.7 Å². The minimum absolute atomic E-state index is 0.161. The fraction of sp³-hybridized carbons (Fsp3) is 0.300. The molecule has 15 heavy (non-hydrogen) atoms. The molecule has 0 saturated carbocycles. The minimum Gasteiger partial charge on any atom is -0.505 e. The summed E-state index contributed by atoms with van der Waals surface area (Å²) in [7, 11) is 1.67. The van der Waals surface area contributed by atoms with E-state index in [0.29, 0.717) is 5.56 Å². The van der Waals surface area contributed by atoms with Gasteiger partial charge in [0.2, 0.25) is 5.91 Å². The van der Waals surface area contributed by atoms with Crippen molar-refractivity contribution in [3.05, 3.63) is 29.6 Å². The molecule has 0 aliphatic heterocycles. The van der Waals surface area contributed by atoms with Gasteiger partial charge in [-0.2, -0.15) is 0 Å². The van der Waals surface area contributed by atoms with E-state index in [4.69, 9.17) is 5.11 Å². The van der Waals surface area contributed by atoms with E-state index in [1.165, 1.54) is 12.1 Å². The number of rotatable bonds is 4. The summed E-state index contributed by atoms with van der Waals surface area (Å²) in [5, 5.41) is 14.2. The van der Waals surface area contributed by atoms with Gasteiger partial charge >= 0.3 is 0 Å². The van der Waals surface area contributed by atoms with Crippen LogP contribution in [0, 0.1) is 5.82 Å². The van der Waals surface area contributed by atoms with E-state index in [1.807, 2.05) is 0 Å². The second kappa shape index (κ2) is 5.31. The molecule has 0 atom stereocenters. The van der Waals surface area contributed by atoms with Gasteiger partial charge in [-0.25, -0.2) is 4.39 Å². The Labute approximate surface area is 87.1 Å². The average Bonchev–Trinajstić information content (AvgIpc) is 2.20. The molecule has 0 spiro atoms. The number of hydrogen-bond acceptors (Lipinski definition) is 3. The number of likely N-dealkylation sites (N-methyl/N-ethyl adjacent to an activating group) is 1. The molecule has 0 saturated heterocycles. The number of benzene rings is 1. The van der Waals surface area contributed by atoms with Crippen molar-refractivity contribution in [3.63, 3.8) is 0 Å². The van der Waals surface area contributed by atoms with Gasteiger partial charge in [0.25, 0.3) is 0 Å². The van der Waals surface area contributed by atoms with Crippen LogP contribution in [0.15, 0.2) is 18.2 Å². The first-order valence-electron chi connectivity index (χ1n) is 4.52. The van der Waals surface area contributed by atoms with Crippen LogP contribution in [-0.2, 0) is 11.3 Å². The molecular formula is C10H13FN2O2. The summed E-state index contributed by atoms with van der Waals surface area (Å²) in [5.74, 6) is -1.23. The summed E-state index contributed by atoms with van der Waals surface area (Å²) >= 11 is 0. The smallest absolute Gasteiger partial charge is 0.234 e. The van der Waals surface area contributed by atoms with Crippen molar-refractivity contribution in [3.8, 4) is 5.75 Å². The highest BCUT2D eigenvalue weighted by Gasteiger charge is 2.03. The molecule has 1 aromatic carbocycles. The van der Waals surface area contributed by atoms with E-state index in [1.54, 1.807) is 13.1 Å². The van der Waals surface area contributed by atoms with Gasteiger partial charge in [0.15, 0.2) is 11.6 Å². The summed E-state index contributed by atoms with van der Waals surface area (Å²) in [6, 6.07) is 4.00. The number of carbonyl (C=O) groups is 1. The Balaban J connectivity index is 2.51.